The lowest BCUT2D eigenvalue weighted by atomic mass is 9.43. The van der Waals surface area contributed by atoms with E-state index in [-0.39, 0.29) is 10.8 Å². The lowest BCUT2D eigenvalue weighted by Gasteiger charge is -2.62. The molecule has 2 heteroatoms. The molecule has 0 amide bonds. The molecule has 0 aromatic heterocycles. The Morgan fingerprint density at radius 3 is 2.24 bits per heavy atom. The van der Waals surface area contributed by atoms with Gasteiger partial charge < -0.3 is 10.2 Å². The Hall–Kier alpha value is -0.960. The zero-order valence-corrected chi connectivity index (χ0v) is 15.7. The lowest BCUT2D eigenvalue weighted by Crippen LogP contribution is -2.57. The first-order valence-electron chi connectivity index (χ1n) is 10.1. The molecule has 2 nitrogen and oxygen atoms in total. The van der Waals surface area contributed by atoms with Gasteiger partial charge in [0.25, 0.3) is 0 Å². The van der Waals surface area contributed by atoms with E-state index < -0.39 is 11.2 Å². The van der Waals surface area contributed by atoms with Crippen molar-refractivity contribution in [1.29, 1.82) is 0 Å². The lowest BCUT2D eigenvalue weighted by molar-refractivity contribution is -0.152. The van der Waals surface area contributed by atoms with E-state index in [0.29, 0.717) is 23.7 Å². The summed E-state index contributed by atoms with van der Waals surface area (Å²) >= 11 is 0. The Bertz CT molecular complexity index is 656. The first-order valence-corrected chi connectivity index (χ1v) is 10.1. The van der Waals surface area contributed by atoms with Crippen molar-refractivity contribution in [3.05, 3.63) is 0 Å². The summed E-state index contributed by atoms with van der Waals surface area (Å²) in [5, 5.41) is 21.7. The Morgan fingerprint density at radius 2 is 1.56 bits per heavy atom. The summed E-state index contributed by atoms with van der Waals surface area (Å²) in [6, 6.07) is 0. The van der Waals surface area contributed by atoms with E-state index in [4.69, 9.17) is 12.8 Å². The average molecular weight is 341 g/mol. The van der Waals surface area contributed by atoms with E-state index in [9.17, 15) is 10.2 Å². The summed E-state index contributed by atoms with van der Waals surface area (Å²) in [5.74, 6) is 7.85. The van der Waals surface area contributed by atoms with E-state index in [2.05, 4.69) is 25.7 Å². The predicted molar refractivity (Wildman–Crippen MR) is 99.3 cm³/mol. The van der Waals surface area contributed by atoms with Crippen LogP contribution in [-0.2, 0) is 0 Å². The van der Waals surface area contributed by atoms with Crippen LogP contribution in [0.1, 0.15) is 71.6 Å². The molecule has 4 saturated carbocycles. The summed E-state index contributed by atoms with van der Waals surface area (Å²) in [4.78, 5) is 0. The fourth-order valence-electron chi connectivity index (χ4n) is 7.63. The van der Waals surface area contributed by atoms with Crippen LogP contribution in [0.3, 0.4) is 0 Å². The van der Waals surface area contributed by atoms with Gasteiger partial charge in [-0.25, -0.2) is 0 Å². The summed E-state index contributed by atoms with van der Waals surface area (Å²) in [6.07, 6.45) is 20.3. The first-order chi connectivity index (χ1) is 11.7. The molecule has 0 aliphatic heterocycles. The molecule has 136 valence electrons. The van der Waals surface area contributed by atoms with Gasteiger partial charge in [-0.15, -0.1) is 12.8 Å². The van der Waals surface area contributed by atoms with Crippen molar-refractivity contribution in [2.45, 2.75) is 82.8 Å². The Kier molecular flexibility index (Phi) is 3.69. The van der Waals surface area contributed by atoms with E-state index in [1.165, 1.54) is 6.42 Å². The Morgan fingerprint density at radius 1 is 0.840 bits per heavy atom. The molecule has 0 bridgehead atoms. The van der Waals surface area contributed by atoms with Crippen molar-refractivity contribution in [2.24, 2.45) is 34.5 Å². The normalized spacial score (nSPS) is 57.5. The monoisotopic (exact) mass is 340 g/mol. The second-order valence-corrected chi connectivity index (χ2v) is 10.0. The molecule has 0 heterocycles. The highest BCUT2D eigenvalue weighted by Gasteiger charge is 2.64. The molecule has 4 aliphatic rings. The smallest absolute Gasteiger partial charge is 0.130 e. The molecule has 0 unspecified atom stereocenters. The average Bonchev–Trinajstić information content (AvgIpc) is 2.88. The maximum absolute atomic E-state index is 11.1. The van der Waals surface area contributed by atoms with Crippen LogP contribution >= 0.6 is 0 Å². The van der Waals surface area contributed by atoms with Gasteiger partial charge in [0.15, 0.2) is 0 Å². The second kappa shape index (κ2) is 5.28. The molecule has 0 radical (unpaired) electrons. The van der Waals surface area contributed by atoms with Crippen molar-refractivity contribution < 1.29 is 10.2 Å². The van der Waals surface area contributed by atoms with Crippen molar-refractivity contribution in [3.8, 4) is 24.7 Å². The van der Waals surface area contributed by atoms with E-state index in [1.54, 1.807) is 0 Å². The standard InChI is InChI=1S/C23H32O2/c1-5-22(24)14-13-20(3)16(15-22)7-8-17-18(20)9-11-21(4)19(17)10-12-23(21,25)6-2/h1-2,16-19,24-25H,7-15H2,3-4H3/t16-,17+,18-,19+,20-,21+,22+,23+/m0/s1. The molecule has 0 spiro atoms. The highest BCUT2D eigenvalue weighted by molar-refractivity contribution is 5.24. The van der Waals surface area contributed by atoms with Crippen molar-refractivity contribution in [2.75, 3.05) is 0 Å². The van der Waals surface area contributed by atoms with Crippen LogP contribution in [0, 0.1) is 59.2 Å². The minimum atomic E-state index is -0.920. The third kappa shape index (κ3) is 2.14. The number of terminal acetylenes is 2. The quantitative estimate of drug-likeness (QED) is 0.659. The number of rotatable bonds is 0. The Labute approximate surface area is 152 Å². The van der Waals surface area contributed by atoms with Crippen LogP contribution in [-0.4, -0.2) is 21.4 Å². The van der Waals surface area contributed by atoms with E-state index in [0.717, 1.165) is 51.4 Å². The van der Waals surface area contributed by atoms with Gasteiger partial charge in [0.2, 0.25) is 0 Å². The zero-order valence-electron chi connectivity index (χ0n) is 15.7. The summed E-state index contributed by atoms with van der Waals surface area (Å²) in [7, 11) is 0. The molecule has 4 fully saturated rings. The van der Waals surface area contributed by atoms with Crippen LogP contribution in [0.5, 0.6) is 0 Å². The summed E-state index contributed by atoms with van der Waals surface area (Å²) < 4.78 is 0. The van der Waals surface area contributed by atoms with E-state index in [1.807, 2.05) is 0 Å². The second-order valence-electron chi connectivity index (χ2n) is 10.0. The largest absolute Gasteiger partial charge is 0.378 e. The van der Waals surface area contributed by atoms with Crippen LogP contribution in [0.2, 0.25) is 0 Å². The molecule has 2 N–H and O–H groups in total. The summed E-state index contributed by atoms with van der Waals surface area (Å²) in [6.45, 7) is 4.70. The van der Waals surface area contributed by atoms with Crippen molar-refractivity contribution in [3.63, 3.8) is 0 Å². The fraction of sp³-hybridized carbons (Fsp3) is 0.826. The van der Waals surface area contributed by atoms with Gasteiger partial charge in [0.1, 0.15) is 11.2 Å². The number of aliphatic hydroxyl groups is 2. The molecule has 8 atom stereocenters. The summed E-state index contributed by atoms with van der Waals surface area (Å²) in [5.41, 5.74) is -1.65. The maximum atomic E-state index is 11.1. The molecule has 4 aliphatic carbocycles. The van der Waals surface area contributed by atoms with Gasteiger partial charge in [-0.1, -0.05) is 25.7 Å². The predicted octanol–water partition coefficient (Wildman–Crippen LogP) is 3.76. The topological polar surface area (TPSA) is 40.5 Å². The van der Waals surface area contributed by atoms with Gasteiger partial charge in [-0.3, -0.25) is 0 Å². The van der Waals surface area contributed by atoms with Crippen molar-refractivity contribution >= 4 is 0 Å². The van der Waals surface area contributed by atoms with Crippen LogP contribution in [0.4, 0.5) is 0 Å². The molecule has 25 heavy (non-hydrogen) atoms. The highest BCUT2D eigenvalue weighted by Crippen LogP contribution is 2.68. The number of fused-ring (bicyclic) bond motifs is 5. The maximum Gasteiger partial charge on any atom is 0.130 e. The van der Waals surface area contributed by atoms with Crippen LogP contribution in [0.25, 0.3) is 0 Å². The third-order valence-electron chi connectivity index (χ3n) is 9.39. The number of hydrogen-bond donors (Lipinski definition) is 2. The van der Waals surface area contributed by atoms with Gasteiger partial charge in [0, 0.05) is 5.41 Å². The first kappa shape index (κ1) is 17.5. The SMILES string of the molecule is C#C[C@@]1(O)CC[C@@]2(C)[C@@H](CC[C@H]3[C@H]4CC[C@](O)(C#C)[C@]4(C)CC[C@@H]32)C1. The molecule has 0 saturated heterocycles. The molecular formula is C23H32O2. The van der Waals surface area contributed by atoms with Gasteiger partial charge in [0.05, 0.1) is 0 Å². The number of hydrogen-bond acceptors (Lipinski definition) is 2. The zero-order chi connectivity index (χ0) is 18.1. The van der Waals surface area contributed by atoms with Gasteiger partial charge >= 0.3 is 0 Å². The highest BCUT2D eigenvalue weighted by atomic mass is 16.3. The van der Waals surface area contributed by atoms with E-state index >= 15 is 0 Å². The van der Waals surface area contributed by atoms with Gasteiger partial charge in [-0.05, 0) is 86.9 Å². The minimum absolute atomic E-state index is 0.125. The molecule has 0 aromatic rings. The molecule has 4 rings (SSSR count). The Balaban J connectivity index is 1.63. The van der Waals surface area contributed by atoms with Gasteiger partial charge in [-0.2, -0.15) is 0 Å². The third-order valence-corrected chi connectivity index (χ3v) is 9.39. The van der Waals surface area contributed by atoms with Crippen LogP contribution in [0.15, 0.2) is 0 Å². The molecular weight excluding hydrogens is 308 g/mol. The van der Waals surface area contributed by atoms with Crippen molar-refractivity contribution in [1.82, 2.24) is 0 Å². The fourth-order valence-corrected chi connectivity index (χ4v) is 7.63. The minimum Gasteiger partial charge on any atom is -0.378 e. The van der Waals surface area contributed by atoms with Crippen LogP contribution < -0.4 is 0 Å². The molecule has 0 aromatic carbocycles.